The molecule has 1 aromatic carbocycles. The number of carbonyl (C=O) groups is 1. The average molecular weight is 335 g/mol. The number of likely N-dealkylation sites (N-methyl/N-ethyl adjacent to an activating group) is 1. The highest BCUT2D eigenvalue weighted by molar-refractivity contribution is 7.22. The van der Waals surface area contributed by atoms with Crippen LogP contribution in [0.4, 0.5) is 18.3 Å². The molecule has 1 aromatic heterocycles. The molecule has 1 unspecified atom stereocenters. The number of hydrogen-bond acceptors (Lipinski definition) is 6. The standard InChI is InChI=1S/C12H12F3N3O3S/c1-2-17-9(20)11(21,12(13,14)15)5-3-6(19)8-7(4-5)22-10(16)18-8/h3-4,19,21H,2H2,1H3,(H2,16,18)(H,17,20). The molecule has 10 heteroatoms. The first kappa shape index (κ1) is 16.3. The number of amides is 1. The van der Waals surface area contributed by atoms with E-state index < -0.39 is 29.0 Å². The number of anilines is 1. The van der Waals surface area contributed by atoms with Crippen LogP contribution in [-0.2, 0) is 10.4 Å². The summed E-state index contributed by atoms with van der Waals surface area (Å²) < 4.78 is 39.9. The van der Waals surface area contributed by atoms with E-state index in [1.165, 1.54) is 6.92 Å². The van der Waals surface area contributed by atoms with Crippen LogP contribution in [0.1, 0.15) is 12.5 Å². The minimum absolute atomic E-state index is 0.00618. The van der Waals surface area contributed by atoms with E-state index in [0.29, 0.717) is 6.07 Å². The van der Waals surface area contributed by atoms with E-state index in [2.05, 4.69) is 4.98 Å². The van der Waals surface area contributed by atoms with Crippen molar-refractivity contribution in [1.29, 1.82) is 0 Å². The summed E-state index contributed by atoms with van der Waals surface area (Å²) in [6.45, 7) is 1.32. The fourth-order valence-electron chi connectivity index (χ4n) is 1.95. The van der Waals surface area contributed by atoms with Gasteiger partial charge in [0.2, 0.25) is 0 Å². The molecular formula is C12H12F3N3O3S. The smallest absolute Gasteiger partial charge is 0.430 e. The molecule has 5 N–H and O–H groups in total. The fraction of sp³-hybridized carbons (Fsp3) is 0.333. The highest BCUT2D eigenvalue weighted by atomic mass is 32.1. The van der Waals surface area contributed by atoms with Crippen molar-refractivity contribution in [1.82, 2.24) is 10.3 Å². The van der Waals surface area contributed by atoms with E-state index in [1.807, 2.05) is 5.32 Å². The number of benzene rings is 1. The van der Waals surface area contributed by atoms with E-state index in [1.54, 1.807) is 0 Å². The van der Waals surface area contributed by atoms with Crippen LogP contribution in [0, 0.1) is 0 Å². The number of fused-ring (bicyclic) bond motifs is 1. The molecule has 6 nitrogen and oxygen atoms in total. The van der Waals surface area contributed by atoms with Gasteiger partial charge in [-0.15, -0.1) is 0 Å². The summed E-state index contributed by atoms with van der Waals surface area (Å²) in [7, 11) is 0. The molecule has 0 saturated carbocycles. The maximum absolute atomic E-state index is 13.3. The summed E-state index contributed by atoms with van der Waals surface area (Å²) in [5.41, 5.74) is 0.860. The first-order valence-corrected chi connectivity index (χ1v) is 6.89. The molecule has 22 heavy (non-hydrogen) atoms. The molecule has 1 amide bonds. The highest BCUT2D eigenvalue weighted by Gasteiger charge is 2.61. The third-order valence-corrected chi connectivity index (χ3v) is 3.82. The lowest BCUT2D eigenvalue weighted by molar-refractivity contribution is -0.256. The number of carbonyl (C=O) groups excluding carboxylic acids is 1. The number of hydrogen-bond donors (Lipinski definition) is 4. The number of nitrogens with zero attached hydrogens (tertiary/aromatic N) is 1. The van der Waals surface area contributed by atoms with Gasteiger partial charge in [-0.05, 0) is 19.1 Å². The van der Waals surface area contributed by atoms with Gasteiger partial charge >= 0.3 is 6.18 Å². The summed E-state index contributed by atoms with van der Waals surface area (Å²) in [5.74, 6) is -2.23. The van der Waals surface area contributed by atoms with E-state index in [-0.39, 0.29) is 21.9 Å². The zero-order valence-corrected chi connectivity index (χ0v) is 12.0. The maximum atomic E-state index is 13.3. The Morgan fingerprint density at radius 3 is 2.64 bits per heavy atom. The van der Waals surface area contributed by atoms with Gasteiger partial charge in [0.25, 0.3) is 11.5 Å². The van der Waals surface area contributed by atoms with Gasteiger partial charge in [-0.2, -0.15) is 13.2 Å². The number of thiazole rings is 1. The fourth-order valence-corrected chi connectivity index (χ4v) is 2.74. The Balaban J connectivity index is 2.69. The van der Waals surface area contributed by atoms with Crippen LogP contribution in [0.25, 0.3) is 10.2 Å². The number of phenolic OH excluding ortho intramolecular Hbond substituents is 1. The molecule has 0 spiro atoms. The first-order valence-electron chi connectivity index (χ1n) is 6.08. The minimum Gasteiger partial charge on any atom is -0.506 e. The van der Waals surface area contributed by atoms with Crippen molar-refractivity contribution in [2.24, 2.45) is 0 Å². The third kappa shape index (κ3) is 2.44. The topological polar surface area (TPSA) is 108 Å². The summed E-state index contributed by atoms with van der Waals surface area (Å²) in [5, 5.41) is 21.8. The number of aliphatic hydroxyl groups is 1. The number of rotatable bonds is 3. The van der Waals surface area contributed by atoms with Crippen molar-refractivity contribution in [2.45, 2.75) is 18.7 Å². The van der Waals surface area contributed by atoms with Crippen LogP contribution in [0.5, 0.6) is 5.75 Å². The van der Waals surface area contributed by atoms with Crippen LogP contribution in [0.2, 0.25) is 0 Å². The number of nitrogens with one attached hydrogen (secondary N) is 1. The molecule has 0 bridgehead atoms. The van der Waals surface area contributed by atoms with Crippen LogP contribution < -0.4 is 11.1 Å². The minimum atomic E-state index is -5.28. The lowest BCUT2D eigenvalue weighted by Gasteiger charge is -2.29. The van der Waals surface area contributed by atoms with E-state index in [0.717, 1.165) is 17.4 Å². The van der Waals surface area contributed by atoms with Crippen LogP contribution >= 0.6 is 11.3 Å². The average Bonchev–Trinajstić information content (AvgIpc) is 2.77. The Labute approximate surface area is 126 Å². The largest absolute Gasteiger partial charge is 0.506 e. The molecule has 2 rings (SSSR count). The van der Waals surface area contributed by atoms with Crippen molar-refractivity contribution in [3.63, 3.8) is 0 Å². The first-order chi connectivity index (χ1) is 10.1. The number of nitrogens with two attached hydrogens (primary N) is 1. The monoisotopic (exact) mass is 335 g/mol. The molecular weight excluding hydrogens is 323 g/mol. The van der Waals surface area contributed by atoms with Crippen molar-refractivity contribution < 1.29 is 28.2 Å². The molecule has 0 fully saturated rings. The SMILES string of the molecule is CCNC(=O)C(O)(c1cc(O)c2nc(N)sc2c1)C(F)(F)F. The summed E-state index contributed by atoms with van der Waals surface area (Å²) in [4.78, 5) is 15.5. The van der Waals surface area contributed by atoms with Gasteiger partial charge in [-0.3, -0.25) is 4.79 Å². The number of aromatic hydroxyl groups is 1. The van der Waals surface area contributed by atoms with Gasteiger partial charge in [0.05, 0.1) is 4.70 Å². The molecule has 0 aliphatic carbocycles. The van der Waals surface area contributed by atoms with Gasteiger partial charge in [0, 0.05) is 12.1 Å². The maximum Gasteiger partial charge on any atom is 0.430 e. The second-order valence-electron chi connectivity index (χ2n) is 4.46. The molecule has 0 aliphatic heterocycles. The van der Waals surface area contributed by atoms with Gasteiger partial charge < -0.3 is 21.3 Å². The number of halogens is 3. The lowest BCUT2D eigenvalue weighted by Crippen LogP contribution is -2.54. The van der Waals surface area contributed by atoms with Crippen molar-refractivity contribution >= 4 is 32.6 Å². The van der Waals surface area contributed by atoms with E-state index in [4.69, 9.17) is 5.73 Å². The van der Waals surface area contributed by atoms with Crippen molar-refractivity contribution in [3.05, 3.63) is 17.7 Å². The van der Waals surface area contributed by atoms with Gasteiger partial charge in [-0.25, -0.2) is 4.98 Å². The number of phenols is 1. The number of aromatic nitrogens is 1. The summed E-state index contributed by atoms with van der Waals surface area (Å²) in [6.07, 6.45) is -5.28. The zero-order valence-electron chi connectivity index (χ0n) is 11.2. The van der Waals surface area contributed by atoms with Gasteiger partial charge in [0.15, 0.2) is 5.13 Å². The van der Waals surface area contributed by atoms with Gasteiger partial charge in [0.1, 0.15) is 11.3 Å². The third-order valence-electron chi connectivity index (χ3n) is 2.99. The van der Waals surface area contributed by atoms with E-state index in [9.17, 15) is 28.2 Å². The van der Waals surface area contributed by atoms with Crippen LogP contribution in [0.15, 0.2) is 12.1 Å². The van der Waals surface area contributed by atoms with Crippen LogP contribution in [0.3, 0.4) is 0 Å². The Morgan fingerprint density at radius 2 is 2.09 bits per heavy atom. The summed E-state index contributed by atoms with van der Waals surface area (Å²) in [6, 6.07) is 1.59. The molecule has 120 valence electrons. The Hall–Kier alpha value is -2.07. The second-order valence-corrected chi connectivity index (χ2v) is 5.52. The zero-order chi connectivity index (χ0) is 16.7. The second kappa shape index (κ2) is 5.29. The molecule has 0 radical (unpaired) electrons. The molecule has 0 saturated heterocycles. The van der Waals surface area contributed by atoms with E-state index >= 15 is 0 Å². The highest BCUT2D eigenvalue weighted by Crippen LogP contribution is 2.43. The van der Waals surface area contributed by atoms with Crippen LogP contribution in [-0.4, -0.2) is 33.8 Å². The van der Waals surface area contributed by atoms with Crippen molar-refractivity contribution in [2.75, 3.05) is 12.3 Å². The Bertz CT molecular complexity index is 731. The molecule has 2 aromatic rings. The Kier molecular flexibility index (Phi) is 3.92. The molecule has 1 heterocycles. The normalized spacial score (nSPS) is 14.8. The predicted octanol–water partition coefficient (Wildman–Crippen LogP) is 1.47. The quantitative estimate of drug-likeness (QED) is 0.679. The van der Waals surface area contributed by atoms with Crippen molar-refractivity contribution in [3.8, 4) is 5.75 Å². The predicted molar refractivity (Wildman–Crippen MR) is 74.3 cm³/mol. The number of alkyl halides is 3. The molecule has 1 atom stereocenters. The Morgan fingerprint density at radius 1 is 1.45 bits per heavy atom. The van der Waals surface area contributed by atoms with Gasteiger partial charge in [-0.1, -0.05) is 11.3 Å². The lowest BCUT2D eigenvalue weighted by atomic mass is 9.91. The summed E-state index contributed by atoms with van der Waals surface area (Å²) >= 11 is 0.829. The number of nitrogen functional groups attached to an aromatic ring is 1. The molecule has 0 aliphatic rings.